The summed E-state index contributed by atoms with van der Waals surface area (Å²) in [5.74, 6) is 0. The highest BCUT2D eigenvalue weighted by Gasteiger charge is 2.51. The maximum Gasteiger partial charge on any atom is 0.159 e. The lowest BCUT2D eigenvalue weighted by Crippen LogP contribution is -2.26. The van der Waals surface area contributed by atoms with Gasteiger partial charge in [0.05, 0.1) is 11.1 Å². The molecule has 61 heavy (non-hydrogen) atoms. The first-order chi connectivity index (χ1) is 30.3. The maximum atomic E-state index is 7.30. The summed E-state index contributed by atoms with van der Waals surface area (Å²) < 4.78 is 7.30. The van der Waals surface area contributed by atoms with E-state index in [1.807, 2.05) is 0 Å². The number of benzene rings is 10. The van der Waals surface area contributed by atoms with Crippen molar-refractivity contribution in [2.75, 3.05) is 4.90 Å². The molecule has 2 nitrogen and oxygen atoms in total. The Labute approximate surface area is 354 Å². The highest BCUT2D eigenvalue weighted by molar-refractivity contribution is 6.20. The first-order valence-electron chi connectivity index (χ1n) is 21.1. The summed E-state index contributed by atoms with van der Waals surface area (Å²) in [5, 5.41) is 4.55. The zero-order valence-corrected chi connectivity index (χ0v) is 33.2. The predicted molar refractivity (Wildman–Crippen MR) is 253 cm³/mol. The number of furan rings is 1. The smallest absolute Gasteiger partial charge is 0.159 e. The van der Waals surface area contributed by atoms with Crippen LogP contribution in [0.4, 0.5) is 17.1 Å². The molecule has 0 radical (unpaired) electrons. The Morgan fingerprint density at radius 2 is 0.869 bits per heavy atom. The summed E-state index contributed by atoms with van der Waals surface area (Å²) in [6.07, 6.45) is 0. The molecule has 0 unspecified atom stereocenters. The van der Waals surface area contributed by atoms with E-state index in [0.29, 0.717) is 0 Å². The van der Waals surface area contributed by atoms with Gasteiger partial charge in [0.15, 0.2) is 5.58 Å². The summed E-state index contributed by atoms with van der Waals surface area (Å²) in [4.78, 5) is 2.39. The second kappa shape index (κ2) is 13.0. The third-order valence-corrected chi connectivity index (χ3v) is 13.3. The van der Waals surface area contributed by atoms with Gasteiger partial charge in [0.1, 0.15) is 5.58 Å². The highest BCUT2D eigenvalue weighted by Crippen LogP contribution is 2.63. The molecule has 0 saturated heterocycles. The van der Waals surface area contributed by atoms with E-state index in [1.165, 1.54) is 66.4 Å². The summed E-state index contributed by atoms with van der Waals surface area (Å²) in [6, 6.07) is 82.0. The lowest BCUT2D eigenvalue weighted by molar-refractivity contribution is 0.670. The van der Waals surface area contributed by atoms with Gasteiger partial charge >= 0.3 is 0 Å². The van der Waals surface area contributed by atoms with E-state index in [2.05, 4.69) is 229 Å². The standard InChI is InChI=1S/C59H37NO/c1-3-16-38(17-4-1)39-30-32-40(33-31-39)56-44-21-8-7-18-41(44)36-50-49-25-15-29-55(57(49)61-58(50)56)60(42-19-5-2-6-20-42)43-34-35-48-47-24-11-14-28-53(47)59(54(48)37-43)51-26-12-9-22-45(51)46-23-10-13-27-52(46)59/h1-37H. The molecule has 10 aromatic carbocycles. The molecule has 0 bridgehead atoms. The third kappa shape index (κ3) is 4.79. The number of para-hydroxylation sites is 2. The van der Waals surface area contributed by atoms with Gasteiger partial charge in [0.2, 0.25) is 0 Å². The zero-order chi connectivity index (χ0) is 40.1. The van der Waals surface area contributed by atoms with E-state index in [-0.39, 0.29) is 0 Å². The molecular weight excluding hydrogens is 739 g/mol. The topological polar surface area (TPSA) is 16.4 Å². The molecule has 0 amide bonds. The minimum Gasteiger partial charge on any atom is -0.453 e. The van der Waals surface area contributed by atoms with Crippen molar-refractivity contribution in [1.82, 2.24) is 0 Å². The van der Waals surface area contributed by atoms with Crippen LogP contribution in [0.2, 0.25) is 0 Å². The summed E-state index contributed by atoms with van der Waals surface area (Å²) in [7, 11) is 0. The summed E-state index contributed by atoms with van der Waals surface area (Å²) >= 11 is 0. The van der Waals surface area contributed by atoms with E-state index in [9.17, 15) is 0 Å². The van der Waals surface area contributed by atoms with Gasteiger partial charge in [0, 0.05) is 27.7 Å². The van der Waals surface area contributed by atoms with Crippen molar-refractivity contribution in [1.29, 1.82) is 0 Å². The third-order valence-electron chi connectivity index (χ3n) is 13.3. The molecule has 1 heterocycles. The fraction of sp³-hybridized carbons (Fsp3) is 0.0169. The van der Waals surface area contributed by atoms with Gasteiger partial charge in [0.25, 0.3) is 0 Å². The Balaban J connectivity index is 1.05. The summed E-state index contributed by atoms with van der Waals surface area (Å²) in [6.45, 7) is 0. The van der Waals surface area contributed by atoms with Crippen LogP contribution in [0.25, 0.3) is 77.2 Å². The maximum absolute atomic E-state index is 7.30. The average molecular weight is 776 g/mol. The molecule has 284 valence electrons. The van der Waals surface area contributed by atoms with Crippen LogP contribution in [0.15, 0.2) is 229 Å². The Morgan fingerprint density at radius 3 is 1.56 bits per heavy atom. The molecule has 2 aliphatic carbocycles. The number of fused-ring (bicyclic) bond motifs is 14. The van der Waals surface area contributed by atoms with Crippen molar-refractivity contribution in [3.05, 3.63) is 247 Å². The van der Waals surface area contributed by atoms with Crippen LogP contribution in [0.1, 0.15) is 22.3 Å². The van der Waals surface area contributed by atoms with Crippen LogP contribution in [0.3, 0.4) is 0 Å². The fourth-order valence-corrected chi connectivity index (χ4v) is 10.7. The number of hydrogen-bond donors (Lipinski definition) is 0. The van der Waals surface area contributed by atoms with Crippen LogP contribution in [-0.4, -0.2) is 0 Å². The van der Waals surface area contributed by atoms with Crippen molar-refractivity contribution in [3.8, 4) is 44.5 Å². The monoisotopic (exact) mass is 775 g/mol. The quantitative estimate of drug-likeness (QED) is 0.173. The van der Waals surface area contributed by atoms with E-state index >= 15 is 0 Å². The van der Waals surface area contributed by atoms with Crippen LogP contribution in [0.5, 0.6) is 0 Å². The van der Waals surface area contributed by atoms with E-state index in [0.717, 1.165) is 50.1 Å². The van der Waals surface area contributed by atoms with E-state index in [4.69, 9.17) is 4.42 Å². The molecule has 13 rings (SSSR count). The molecule has 1 aromatic heterocycles. The zero-order valence-electron chi connectivity index (χ0n) is 33.2. The molecule has 0 fully saturated rings. The Kier molecular flexibility index (Phi) is 7.26. The van der Waals surface area contributed by atoms with Crippen LogP contribution in [-0.2, 0) is 5.41 Å². The van der Waals surface area contributed by atoms with Gasteiger partial charge < -0.3 is 9.32 Å². The van der Waals surface area contributed by atoms with Crippen molar-refractivity contribution in [2.45, 2.75) is 5.41 Å². The van der Waals surface area contributed by atoms with E-state index < -0.39 is 5.41 Å². The molecular formula is C59H37NO. The summed E-state index contributed by atoms with van der Waals surface area (Å²) in [5.41, 5.74) is 19.5. The number of nitrogens with zero attached hydrogens (tertiary/aromatic N) is 1. The first-order valence-corrected chi connectivity index (χ1v) is 21.1. The van der Waals surface area contributed by atoms with Gasteiger partial charge in [-0.1, -0.05) is 188 Å². The normalized spacial score (nSPS) is 13.0. The van der Waals surface area contributed by atoms with E-state index in [1.54, 1.807) is 0 Å². The molecule has 2 heteroatoms. The first kappa shape index (κ1) is 34.0. The van der Waals surface area contributed by atoms with Crippen molar-refractivity contribution in [2.24, 2.45) is 0 Å². The molecule has 2 aliphatic rings. The number of rotatable bonds is 5. The van der Waals surface area contributed by atoms with Gasteiger partial charge in [-0.05, 0) is 108 Å². The second-order valence-electron chi connectivity index (χ2n) is 16.3. The molecule has 1 spiro atoms. The van der Waals surface area contributed by atoms with Gasteiger partial charge in [-0.25, -0.2) is 0 Å². The average Bonchev–Trinajstić information content (AvgIpc) is 3.96. The van der Waals surface area contributed by atoms with Crippen molar-refractivity contribution < 1.29 is 4.42 Å². The number of anilines is 3. The Morgan fingerprint density at radius 1 is 0.328 bits per heavy atom. The fourth-order valence-electron chi connectivity index (χ4n) is 10.7. The Bertz CT molecular complexity index is 3460. The molecule has 0 saturated carbocycles. The number of hydrogen-bond acceptors (Lipinski definition) is 2. The second-order valence-corrected chi connectivity index (χ2v) is 16.3. The van der Waals surface area contributed by atoms with Crippen LogP contribution >= 0.6 is 0 Å². The SMILES string of the molecule is c1ccc(-c2ccc(-c3c4ccccc4cc4c3oc3c(N(c5ccccc5)c5ccc6c(c5)C5(c7ccccc7-c7ccccc75)c5ccccc5-6)cccc34)cc2)cc1. The van der Waals surface area contributed by atoms with Crippen LogP contribution < -0.4 is 4.90 Å². The van der Waals surface area contributed by atoms with Gasteiger partial charge in [-0.2, -0.15) is 0 Å². The minimum atomic E-state index is -0.450. The minimum absolute atomic E-state index is 0.450. The lowest BCUT2D eigenvalue weighted by atomic mass is 9.70. The molecule has 0 atom stereocenters. The van der Waals surface area contributed by atoms with Crippen LogP contribution in [0, 0.1) is 0 Å². The lowest BCUT2D eigenvalue weighted by Gasteiger charge is -2.32. The predicted octanol–water partition coefficient (Wildman–Crippen LogP) is 15.9. The van der Waals surface area contributed by atoms with Crippen molar-refractivity contribution in [3.63, 3.8) is 0 Å². The largest absolute Gasteiger partial charge is 0.453 e. The van der Waals surface area contributed by atoms with Gasteiger partial charge in [-0.15, -0.1) is 0 Å². The highest BCUT2D eigenvalue weighted by atomic mass is 16.3. The van der Waals surface area contributed by atoms with Gasteiger partial charge in [-0.3, -0.25) is 0 Å². The molecule has 0 aliphatic heterocycles. The molecule has 11 aromatic rings. The van der Waals surface area contributed by atoms with Crippen molar-refractivity contribution >= 4 is 49.8 Å². The Hall–Kier alpha value is -7.94. The molecule has 0 N–H and O–H groups in total.